The van der Waals surface area contributed by atoms with Gasteiger partial charge < -0.3 is 10.4 Å². The van der Waals surface area contributed by atoms with E-state index in [1.165, 1.54) is 6.92 Å². The average molecular weight is 317 g/mol. The van der Waals surface area contributed by atoms with Crippen LogP contribution in [0.5, 0.6) is 0 Å². The van der Waals surface area contributed by atoms with Gasteiger partial charge in [0.15, 0.2) is 0 Å². The third-order valence-electron chi connectivity index (χ3n) is 3.44. The van der Waals surface area contributed by atoms with E-state index in [1.807, 2.05) is 0 Å². The molecule has 0 saturated heterocycles. The fraction of sp³-hybridized carbons (Fsp3) is 0.643. The first kappa shape index (κ1) is 18.1. The standard InChI is InChI=1S/C14H21F2N3O3/c1-8-10(9(2)19(18-8)13(15)16)7-11(20)17-14(3,4)6-5-12(21)22/h13H,5-7H2,1-4H3,(H,17,20)(H,21,22). The van der Waals surface area contributed by atoms with E-state index in [1.54, 1.807) is 20.8 Å². The van der Waals surface area contributed by atoms with Crippen molar-refractivity contribution in [3.05, 3.63) is 17.0 Å². The highest BCUT2D eigenvalue weighted by atomic mass is 19.3. The summed E-state index contributed by atoms with van der Waals surface area (Å²) in [5, 5.41) is 15.1. The number of alkyl halides is 2. The molecule has 6 nitrogen and oxygen atoms in total. The average Bonchev–Trinajstić information content (AvgIpc) is 2.64. The second-order valence-electron chi connectivity index (χ2n) is 5.87. The molecule has 0 unspecified atom stereocenters. The number of rotatable bonds is 7. The Morgan fingerprint density at radius 1 is 1.36 bits per heavy atom. The van der Waals surface area contributed by atoms with Gasteiger partial charge in [0.05, 0.1) is 12.1 Å². The first-order valence-electron chi connectivity index (χ1n) is 6.89. The van der Waals surface area contributed by atoms with Crippen molar-refractivity contribution in [1.82, 2.24) is 15.1 Å². The van der Waals surface area contributed by atoms with Gasteiger partial charge in [0.2, 0.25) is 5.91 Å². The Labute approximate surface area is 127 Å². The molecular formula is C14H21F2N3O3. The number of carbonyl (C=O) groups is 2. The van der Waals surface area contributed by atoms with Gasteiger partial charge in [0, 0.05) is 23.2 Å². The third-order valence-corrected chi connectivity index (χ3v) is 3.44. The maximum absolute atomic E-state index is 12.8. The molecule has 1 heterocycles. The maximum Gasteiger partial charge on any atom is 0.333 e. The van der Waals surface area contributed by atoms with Gasteiger partial charge in [0.1, 0.15) is 0 Å². The van der Waals surface area contributed by atoms with Crippen molar-refractivity contribution in [1.29, 1.82) is 0 Å². The highest BCUT2D eigenvalue weighted by molar-refractivity contribution is 5.80. The highest BCUT2D eigenvalue weighted by Crippen LogP contribution is 2.20. The Morgan fingerprint density at radius 3 is 2.41 bits per heavy atom. The zero-order valence-electron chi connectivity index (χ0n) is 13.1. The topological polar surface area (TPSA) is 84.2 Å². The number of hydrogen-bond donors (Lipinski definition) is 2. The summed E-state index contributed by atoms with van der Waals surface area (Å²) in [5.41, 5.74) is 0.421. The van der Waals surface area contributed by atoms with Gasteiger partial charge in [-0.05, 0) is 34.1 Å². The molecule has 0 bridgehead atoms. The molecule has 0 radical (unpaired) electrons. The third kappa shape index (κ3) is 4.78. The van der Waals surface area contributed by atoms with Crippen molar-refractivity contribution >= 4 is 11.9 Å². The molecule has 0 saturated carbocycles. The fourth-order valence-electron chi connectivity index (χ4n) is 2.21. The molecule has 1 amide bonds. The number of hydrogen-bond acceptors (Lipinski definition) is 3. The van der Waals surface area contributed by atoms with Crippen LogP contribution in [0, 0.1) is 13.8 Å². The summed E-state index contributed by atoms with van der Waals surface area (Å²) in [4.78, 5) is 22.7. The molecule has 8 heteroatoms. The predicted octanol–water partition coefficient (Wildman–Crippen LogP) is 2.20. The number of aromatic nitrogens is 2. The van der Waals surface area contributed by atoms with Crippen LogP contribution in [0.1, 0.15) is 50.2 Å². The first-order chi connectivity index (χ1) is 10.0. The number of carboxylic acid groups (broad SMARTS) is 1. The van der Waals surface area contributed by atoms with Crippen LogP contribution in [-0.4, -0.2) is 32.3 Å². The molecule has 0 aliphatic carbocycles. The van der Waals surface area contributed by atoms with E-state index in [9.17, 15) is 18.4 Å². The van der Waals surface area contributed by atoms with Crippen LogP contribution in [-0.2, 0) is 16.0 Å². The quantitative estimate of drug-likeness (QED) is 0.807. The van der Waals surface area contributed by atoms with Crippen molar-refractivity contribution in [2.45, 2.75) is 59.0 Å². The van der Waals surface area contributed by atoms with E-state index in [4.69, 9.17) is 5.11 Å². The van der Waals surface area contributed by atoms with Crippen molar-refractivity contribution in [3.63, 3.8) is 0 Å². The summed E-state index contributed by atoms with van der Waals surface area (Å²) in [6.07, 6.45) is 0.151. The van der Waals surface area contributed by atoms with Crippen LogP contribution in [0.2, 0.25) is 0 Å². The molecule has 1 rings (SSSR count). The normalized spacial score (nSPS) is 11.8. The molecule has 0 aliphatic rings. The summed E-state index contributed by atoms with van der Waals surface area (Å²) in [7, 11) is 0. The number of nitrogens with zero attached hydrogens (tertiary/aromatic N) is 2. The van der Waals surface area contributed by atoms with E-state index >= 15 is 0 Å². The molecule has 1 aromatic rings. The second-order valence-corrected chi connectivity index (χ2v) is 5.87. The zero-order valence-corrected chi connectivity index (χ0v) is 13.1. The summed E-state index contributed by atoms with van der Waals surface area (Å²) in [6.45, 7) is 3.75. The number of halogens is 2. The number of amides is 1. The van der Waals surface area contributed by atoms with Crippen LogP contribution in [0.25, 0.3) is 0 Å². The lowest BCUT2D eigenvalue weighted by atomic mass is 9.97. The van der Waals surface area contributed by atoms with Crippen LogP contribution < -0.4 is 5.32 Å². The van der Waals surface area contributed by atoms with E-state index in [0.29, 0.717) is 15.9 Å². The minimum absolute atomic E-state index is 0.0609. The molecule has 22 heavy (non-hydrogen) atoms. The Balaban J connectivity index is 2.75. The summed E-state index contributed by atoms with van der Waals surface area (Å²) < 4.78 is 26.1. The van der Waals surface area contributed by atoms with Gasteiger partial charge in [-0.2, -0.15) is 13.9 Å². The van der Waals surface area contributed by atoms with E-state index in [2.05, 4.69) is 10.4 Å². The Morgan fingerprint density at radius 2 is 1.95 bits per heavy atom. The lowest BCUT2D eigenvalue weighted by Crippen LogP contribution is -2.44. The largest absolute Gasteiger partial charge is 0.481 e. The van der Waals surface area contributed by atoms with Gasteiger partial charge >= 0.3 is 12.5 Å². The van der Waals surface area contributed by atoms with Crippen LogP contribution in [0.3, 0.4) is 0 Å². The van der Waals surface area contributed by atoms with E-state index in [-0.39, 0.29) is 30.9 Å². The Hall–Kier alpha value is -1.99. The number of carbonyl (C=O) groups excluding carboxylic acids is 1. The smallest absolute Gasteiger partial charge is 0.333 e. The molecule has 1 aromatic heterocycles. The van der Waals surface area contributed by atoms with Gasteiger partial charge in [-0.15, -0.1) is 0 Å². The summed E-state index contributed by atoms with van der Waals surface area (Å²) in [5.74, 6) is -1.29. The van der Waals surface area contributed by atoms with Crippen LogP contribution in [0.4, 0.5) is 8.78 Å². The number of carboxylic acids is 1. The van der Waals surface area contributed by atoms with E-state index in [0.717, 1.165) is 0 Å². The Kier molecular flexibility index (Phi) is 5.62. The van der Waals surface area contributed by atoms with Crippen molar-refractivity contribution < 1.29 is 23.5 Å². The molecule has 124 valence electrons. The van der Waals surface area contributed by atoms with Gasteiger partial charge in [-0.1, -0.05) is 0 Å². The minimum Gasteiger partial charge on any atom is -0.481 e. The monoisotopic (exact) mass is 317 g/mol. The van der Waals surface area contributed by atoms with Gasteiger partial charge in [-0.3, -0.25) is 9.59 Å². The minimum atomic E-state index is -2.75. The number of aryl methyl sites for hydroxylation is 1. The molecule has 0 atom stereocenters. The van der Waals surface area contributed by atoms with Gasteiger partial charge in [-0.25, -0.2) is 4.68 Å². The van der Waals surface area contributed by atoms with Crippen molar-refractivity contribution in [2.24, 2.45) is 0 Å². The molecule has 2 N–H and O–H groups in total. The van der Waals surface area contributed by atoms with Crippen LogP contribution >= 0.6 is 0 Å². The van der Waals surface area contributed by atoms with Crippen LogP contribution in [0.15, 0.2) is 0 Å². The highest BCUT2D eigenvalue weighted by Gasteiger charge is 2.24. The fourth-order valence-corrected chi connectivity index (χ4v) is 2.21. The Bertz CT molecular complexity index is 568. The van der Waals surface area contributed by atoms with Crippen molar-refractivity contribution in [2.75, 3.05) is 0 Å². The second kappa shape index (κ2) is 6.85. The van der Waals surface area contributed by atoms with E-state index < -0.39 is 18.1 Å². The maximum atomic E-state index is 12.8. The SMILES string of the molecule is Cc1nn(C(F)F)c(C)c1CC(=O)NC(C)(C)CCC(=O)O. The zero-order chi connectivity index (χ0) is 17.1. The first-order valence-corrected chi connectivity index (χ1v) is 6.89. The lowest BCUT2D eigenvalue weighted by Gasteiger charge is -2.25. The molecule has 0 aromatic carbocycles. The van der Waals surface area contributed by atoms with Crippen molar-refractivity contribution in [3.8, 4) is 0 Å². The summed E-state index contributed by atoms with van der Waals surface area (Å²) >= 11 is 0. The lowest BCUT2D eigenvalue weighted by molar-refractivity contribution is -0.137. The summed E-state index contributed by atoms with van der Waals surface area (Å²) in [6, 6.07) is 0. The molecule has 0 spiro atoms. The number of nitrogens with one attached hydrogen (secondary N) is 1. The number of aliphatic carboxylic acids is 1. The van der Waals surface area contributed by atoms with Gasteiger partial charge in [0.25, 0.3) is 0 Å². The molecule has 0 aliphatic heterocycles. The molecule has 0 fully saturated rings. The predicted molar refractivity (Wildman–Crippen MR) is 75.7 cm³/mol. The molecular weight excluding hydrogens is 296 g/mol.